The number of benzene rings is 2. The molecule has 144 valence electrons. The summed E-state index contributed by atoms with van der Waals surface area (Å²) >= 11 is 0. The van der Waals surface area contributed by atoms with Gasteiger partial charge in [0.15, 0.2) is 11.5 Å². The minimum absolute atomic E-state index is 0.322. The molecule has 2 rings (SSSR count). The molecule has 0 bridgehead atoms. The monoisotopic (exact) mass is 373 g/mol. The van der Waals surface area contributed by atoms with E-state index in [9.17, 15) is 24.9 Å². The Kier molecular flexibility index (Phi) is 6.41. The van der Waals surface area contributed by atoms with Crippen molar-refractivity contribution in [1.82, 2.24) is 0 Å². The van der Waals surface area contributed by atoms with Gasteiger partial charge in [0.25, 0.3) is 0 Å². The van der Waals surface area contributed by atoms with Crippen LogP contribution in [0.15, 0.2) is 48.5 Å². The number of carbonyl (C=O) groups is 2. The summed E-state index contributed by atoms with van der Waals surface area (Å²) in [5.74, 6) is -3.68. The van der Waals surface area contributed by atoms with Crippen molar-refractivity contribution in [3.63, 3.8) is 0 Å². The second-order valence-electron chi connectivity index (χ2n) is 6.47. The van der Waals surface area contributed by atoms with E-state index < -0.39 is 35.9 Å². The molecule has 0 spiro atoms. The van der Waals surface area contributed by atoms with Gasteiger partial charge < -0.3 is 25.8 Å². The number of phenols is 2. The van der Waals surface area contributed by atoms with E-state index in [1.54, 1.807) is 44.2 Å². The minimum atomic E-state index is -1.29. The lowest BCUT2D eigenvalue weighted by molar-refractivity contribution is -0.139. The van der Waals surface area contributed by atoms with Crippen molar-refractivity contribution < 1.29 is 29.6 Å². The standard InChI is InChI=1S/C20H23NO6/c1-11(12(2)27-20(26)13-6-4-3-5-7-13)17(18(21)19(24)25)14-8-9-15(22)16(23)10-14/h3-12,17-18,22-23H,21H2,1-2H3,(H,24,25)/t11?,12?,17?,18-/m1/s1. The molecule has 7 nitrogen and oxygen atoms in total. The summed E-state index contributed by atoms with van der Waals surface area (Å²) in [6.07, 6.45) is -0.649. The highest BCUT2D eigenvalue weighted by molar-refractivity contribution is 5.89. The van der Waals surface area contributed by atoms with Crippen LogP contribution in [-0.4, -0.2) is 39.4 Å². The normalized spacial score (nSPS) is 15.4. The van der Waals surface area contributed by atoms with Gasteiger partial charge in [0.2, 0.25) is 0 Å². The van der Waals surface area contributed by atoms with Crippen LogP contribution in [0.1, 0.15) is 35.7 Å². The number of esters is 1. The van der Waals surface area contributed by atoms with Gasteiger partial charge >= 0.3 is 11.9 Å². The quantitative estimate of drug-likeness (QED) is 0.433. The molecule has 3 unspecified atom stereocenters. The molecule has 7 heteroatoms. The van der Waals surface area contributed by atoms with Gasteiger partial charge in [-0.3, -0.25) is 4.79 Å². The zero-order chi connectivity index (χ0) is 20.1. The molecule has 0 amide bonds. The Balaban J connectivity index is 2.27. The van der Waals surface area contributed by atoms with Crippen LogP contribution in [0, 0.1) is 5.92 Å². The third-order valence-electron chi connectivity index (χ3n) is 4.67. The van der Waals surface area contributed by atoms with Crippen molar-refractivity contribution in [2.24, 2.45) is 11.7 Å². The number of aliphatic carboxylic acids is 1. The van der Waals surface area contributed by atoms with E-state index in [1.165, 1.54) is 18.2 Å². The second-order valence-corrected chi connectivity index (χ2v) is 6.47. The highest BCUT2D eigenvalue weighted by Crippen LogP contribution is 2.35. The minimum Gasteiger partial charge on any atom is -0.504 e. The van der Waals surface area contributed by atoms with Crippen molar-refractivity contribution in [1.29, 1.82) is 0 Å². The first-order valence-corrected chi connectivity index (χ1v) is 8.48. The molecule has 0 aromatic heterocycles. The molecule has 0 saturated carbocycles. The van der Waals surface area contributed by atoms with Crippen LogP contribution < -0.4 is 5.73 Å². The number of hydrogen-bond donors (Lipinski definition) is 4. The Bertz CT molecular complexity index is 807. The van der Waals surface area contributed by atoms with Gasteiger partial charge in [-0.05, 0) is 36.8 Å². The molecule has 0 aliphatic rings. The molecule has 27 heavy (non-hydrogen) atoms. The number of rotatable bonds is 7. The zero-order valence-corrected chi connectivity index (χ0v) is 15.1. The van der Waals surface area contributed by atoms with Crippen molar-refractivity contribution in [2.75, 3.05) is 0 Å². The van der Waals surface area contributed by atoms with Crippen LogP contribution in [-0.2, 0) is 9.53 Å². The Morgan fingerprint density at radius 3 is 2.19 bits per heavy atom. The average molecular weight is 373 g/mol. The SMILES string of the molecule is CC(OC(=O)c1ccccc1)C(C)C(c1ccc(O)c(O)c1)[C@@H](N)C(=O)O. The van der Waals surface area contributed by atoms with Gasteiger partial charge in [-0.1, -0.05) is 31.2 Å². The van der Waals surface area contributed by atoms with Gasteiger partial charge in [0.1, 0.15) is 12.1 Å². The summed E-state index contributed by atoms with van der Waals surface area (Å²) in [5.41, 5.74) is 6.69. The molecule has 4 atom stereocenters. The lowest BCUT2D eigenvalue weighted by Gasteiger charge is -2.31. The number of carboxylic acids is 1. The first-order valence-electron chi connectivity index (χ1n) is 8.48. The maximum atomic E-state index is 12.3. The fourth-order valence-corrected chi connectivity index (χ4v) is 2.95. The lowest BCUT2D eigenvalue weighted by atomic mass is 9.79. The van der Waals surface area contributed by atoms with Gasteiger partial charge in [-0.25, -0.2) is 4.79 Å². The zero-order valence-electron chi connectivity index (χ0n) is 15.1. The van der Waals surface area contributed by atoms with Crippen LogP contribution >= 0.6 is 0 Å². The molecule has 0 saturated heterocycles. The number of phenolic OH excluding ortho intramolecular Hbond substituents is 2. The van der Waals surface area contributed by atoms with Crippen molar-refractivity contribution >= 4 is 11.9 Å². The van der Waals surface area contributed by atoms with Crippen LogP contribution in [0.4, 0.5) is 0 Å². The maximum absolute atomic E-state index is 12.3. The number of ether oxygens (including phenoxy) is 1. The summed E-state index contributed by atoms with van der Waals surface area (Å²) in [4.78, 5) is 23.8. The highest BCUT2D eigenvalue weighted by Gasteiger charge is 2.35. The van der Waals surface area contributed by atoms with Gasteiger partial charge in [0, 0.05) is 11.8 Å². The highest BCUT2D eigenvalue weighted by atomic mass is 16.5. The van der Waals surface area contributed by atoms with E-state index in [0.717, 1.165) is 0 Å². The third kappa shape index (κ3) is 4.77. The third-order valence-corrected chi connectivity index (χ3v) is 4.67. The predicted octanol–water partition coefficient (Wildman–Crippen LogP) is 2.47. The summed E-state index contributed by atoms with van der Waals surface area (Å²) in [7, 11) is 0. The fourth-order valence-electron chi connectivity index (χ4n) is 2.95. The molecule has 0 heterocycles. The first-order chi connectivity index (χ1) is 12.7. The van der Waals surface area contributed by atoms with Gasteiger partial charge in [0.05, 0.1) is 5.56 Å². The van der Waals surface area contributed by atoms with Crippen LogP contribution in [0.25, 0.3) is 0 Å². The summed E-state index contributed by atoms with van der Waals surface area (Å²) in [6.45, 7) is 3.38. The number of carbonyl (C=O) groups excluding carboxylic acids is 1. The largest absolute Gasteiger partial charge is 0.504 e. The van der Waals surface area contributed by atoms with E-state index in [1.807, 2.05) is 0 Å². The predicted molar refractivity (Wildman–Crippen MR) is 98.6 cm³/mol. The molecule has 5 N–H and O–H groups in total. The van der Waals surface area contributed by atoms with Crippen molar-refractivity contribution in [2.45, 2.75) is 31.9 Å². The summed E-state index contributed by atoms with van der Waals surface area (Å²) in [6, 6.07) is 11.2. The average Bonchev–Trinajstić information content (AvgIpc) is 2.65. The second kappa shape index (κ2) is 8.55. The van der Waals surface area contributed by atoms with Crippen LogP contribution in [0.3, 0.4) is 0 Å². The maximum Gasteiger partial charge on any atom is 0.338 e. The topological polar surface area (TPSA) is 130 Å². The van der Waals surface area contributed by atoms with E-state index in [-0.39, 0.29) is 11.5 Å². The van der Waals surface area contributed by atoms with Gasteiger partial charge in [-0.2, -0.15) is 0 Å². The van der Waals surface area contributed by atoms with Crippen molar-refractivity contribution in [3.8, 4) is 11.5 Å². The Hall–Kier alpha value is -3.06. The lowest BCUT2D eigenvalue weighted by Crippen LogP contribution is -2.42. The van der Waals surface area contributed by atoms with E-state index >= 15 is 0 Å². The van der Waals surface area contributed by atoms with Crippen LogP contribution in [0.5, 0.6) is 11.5 Å². The van der Waals surface area contributed by atoms with E-state index in [2.05, 4.69) is 0 Å². The molecule has 2 aromatic carbocycles. The van der Waals surface area contributed by atoms with Gasteiger partial charge in [-0.15, -0.1) is 0 Å². The van der Waals surface area contributed by atoms with E-state index in [0.29, 0.717) is 11.1 Å². The number of nitrogens with two attached hydrogens (primary N) is 1. The Morgan fingerprint density at radius 2 is 1.63 bits per heavy atom. The molecular weight excluding hydrogens is 350 g/mol. The smallest absolute Gasteiger partial charge is 0.338 e. The van der Waals surface area contributed by atoms with Crippen molar-refractivity contribution in [3.05, 3.63) is 59.7 Å². The Morgan fingerprint density at radius 1 is 1.00 bits per heavy atom. The number of aromatic hydroxyl groups is 2. The molecule has 0 aliphatic carbocycles. The Labute approximate surface area is 157 Å². The number of hydrogen-bond acceptors (Lipinski definition) is 6. The molecule has 0 aliphatic heterocycles. The molecule has 0 fully saturated rings. The van der Waals surface area contributed by atoms with E-state index in [4.69, 9.17) is 10.5 Å². The summed E-state index contributed by atoms with van der Waals surface area (Å²) in [5, 5.41) is 28.6. The van der Waals surface area contributed by atoms with Crippen LogP contribution in [0.2, 0.25) is 0 Å². The first kappa shape index (κ1) is 20.3. The number of carboxylic acid groups (broad SMARTS) is 1. The molecular formula is C20H23NO6. The summed E-state index contributed by atoms with van der Waals surface area (Å²) < 4.78 is 5.49. The molecule has 2 aromatic rings. The molecule has 0 radical (unpaired) electrons. The fraction of sp³-hybridized carbons (Fsp3) is 0.300.